The van der Waals surface area contributed by atoms with E-state index in [1.54, 1.807) is 0 Å². The van der Waals surface area contributed by atoms with Crippen LogP contribution in [0.1, 0.15) is 44.7 Å². The highest BCUT2D eigenvalue weighted by Gasteiger charge is 2.18. The maximum Gasteiger partial charge on any atom is 0.308 e. The van der Waals surface area contributed by atoms with E-state index in [4.69, 9.17) is 9.47 Å². The van der Waals surface area contributed by atoms with Gasteiger partial charge in [-0.1, -0.05) is 48.9 Å². The molecule has 0 amide bonds. The molecule has 144 valence electrons. The maximum absolute atomic E-state index is 11.2. The SMILES string of the molecule is CC(=O)Oc1ccc(C(=C2CC=CCC2C)c2ccc(OC(C)=O)cc2)cc1. The van der Waals surface area contributed by atoms with E-state index in [0.29, 0.717) is 17.4 Å². The van der Waals surface area contributed by atoms with Gasteiger partial charge in [-0.15, -0.1) is 0 Å². The van der Waals surface area contributed by atoms with Crippen molar-refractivity contribution in [3.8, 4) is 11.5 Å². The highest BCUT2D eigenvalue weighted by molar-refractivity contribution is 5.83. The van der Waals surface area contributed by atoms with Gasteiger partial charge in [-0.2, -0.15) is 0 Å². The molecule has 1 unspecified atom stereocenters. The summed E-state index contributed by atoms with van der Waals surface area (Å²) in [6.45, 7) is 5.02. The molecule has 0 saturated carbocycles. The summed E-state index contributed by atoms with van der Waals surface area (Å²) in [5, 5.41) is 0. The van der Waals surface area contributed by atoms with E-state index >= 15 is 0 Å². The molecule has 0 spiro atoms. The Kier molecular flexibility index (Phi) is 6.09. The number of hydrogen-bond acceptors (Lipinski definition) is 4. The Balaban J connectivity index is 2.03. The smallest absolute Gasteiger partial charge is 0.308 e. The summed E-state index contributed by atoms with van der Waals surface area (Å²) in [5.41, 5.74) is 4.66. The van der Waals surface area contributed by atoms with Crippen LogP contribution in [-0.4, -0.2) is 11.9 Å². The van der Waals surface area contributed by atoms with Crippen LogP contribution in [-0.2, 0) is 9.59 Å². The number of ether oxygens (including phenoxy) is 2. The molecule has 28 heavy (non-hydrogen) atoms. The van der Waals surface area contributed by atoms with Gasteiger partial charge in [0, 0.05) is 13.8 Å². The van der Waals surface area contributed by atoms with E-state index < -0.39 is 0 Å². The van der Waals surface area contributed by atoms with Crippen molar-refractivity contribution in [1.82, 2.24) is 0 Å². The zero-order chi connectivity index (χ0) is 20.1. The first-order chi connectivity index (χ1) is 13.4. The molecule has 0 aliphatic heterocycles. The van der Waals surface area contributed by atoms with Gasteiger partial charge < -0.3 is 9.47 Å². The molecular formula is C24H24O4. The molecule has 1 atom stereocenters. The maximum atomic E-state index is 11.2. The van der Waals surface area contributed by atoms with Gasteiger partial charge in [0.05, 0.1) is 0 Å². The third-order valence-electron chi connectivity index (χ3n) is 4.72. The van der Waals surface area contributed by atoms with Crippen molar-refractivity contribution in [3.63, 3.8) is 0 Å². The molecule has 0 radical (unpaired) electrons. The lowest BCUT2D eigenvalue weighted by molar-refractivity contribution is -0.132. The minimum atomic E-state index is -0.335. The fraction of sp³-hybridized carbons (Fsp3) is 0.250. The lowest BCUT2D eigenvalue weighted by atomic mass is 9.82. The Labute approximate surface area is 165 Å². The van der Waals surface area contributed by atoms with Crippen LogP contribution in [0.4, 0.5) is 0 Å². The molecule has 1 aliphatic rings. The van der Waals surface area contributed by atoms with E-state index in [-0.39, 0.29) is 11.9 Å². The Morgan fingerprint density at radius 1 is 0.786 bits per heavy atom. The topological polar surface area (TPSA) is 52.6 Å². The van der Waals surface area contributed by atoms with Crippen molar-refractivity contribution in [3.05, 3.63) is 77.4 Å². The van der Waals surface area contributed by atoms with Crippen LogP contribution in [0, 0.1) is 5.92 Å². The lowest BCUT2D eigenvalue weighted by Crippen LogP contribution is -2.07. The van der Waals surface area contributed by atoms with Gasteiger partial charge in [-0.3, -0.25) is 9.59 Å². The Morgan fingerprint density at radius 2 is 1.25 bits per heavy atom. The van der Waals surface area contributed by atoms with Crippen molar-refractivity contribution in [2.45, 2.75) is 33.6 Å². The molecule has 1 aliphatic carbocycles. The average molecular weight is 376 g/mol. The fourth-order valence-electron chi connectivity index (χ4n) is 3.45. The average Bonchev–Trinajstić information content (AvgIpc) is 2.65. The van der Waals surface area contributed by atoms with Crippen LogP contribution in [0.15, 0.2) is 66.3 Å². The third-order valence-corrected chi connectivity index (χ3v) is 4.72. The van der Waals surface area contributed by atoms with Gasteiger partial charge in [-0.25, -0.2) is 0 Å². The van der Waals surface area contributed by atoms with Crippen molar-refractivity contribution < 1.29 is 19.1 Å². The second-order valence-electron chi connectivity index (χ2n) is 6.95. The van der Waals surface area contributed by atoms with E-state index in [1.165, 1.54) is 25.0 Å². The number of rotatable bonds is 4. The normalized spacial score (nSPS) is 15.8. The number of benzene rings is 2. The Hall–Kier alpha value is -3.14. The van der Waals surface area contributed by atoms with E-state index in [9.17, 15) is 9.59 Å². The number of hydrogen-bond donors (Lipinski definition) is 0. The molecule has 2 aromatic carbocycles. The number of carbonyl (C=O) groups excluding carboxylic acids is 2. The molecule has 0 aromatic heterocycles. The van der Waals surface area contributed by atoms with Gasteiger partial charge in [0.2, 0.25) is 0 Å². The Morgan fingerprint density at radius 3 is 1.64 bits per heavy atom. The van der Waals surface area contributed by atoms with Gasteiger partial charge in [-0.05, 0) is 59.7 Å². The minimum absolute atomic E-state index is 0.335. The van der Waals surface area contributed by atoms with Crippen LogP contribution in [0.5, 0.6) is 11.5 Å². The summed E-state index contributed by atoms with van der Waals surface area (Å²) in [6, 6.07) is 15.2. The first-order valence-electron chi connectivity index (χ1n) is 9.40. The van der Waals surface area contributed by atoms with E-state index in [1.807, 2.05) is 48.5 Å². The zero-order valence-corrected chi connectivity index (χ0v) is 16.4. The van der Waals surface area contributed by atoms with Gasteiger partial charge in [0.1, 0.15) is 11.5 Å². The summed E-state index contributed by atoms with van der Waals surface area (Å²) in [5.74, 6) is 0.822. The summed E-state index contributed by atoms with van der Waals surface area (Å²) in [7, 11) is 0. The zero-order valence-electron chi connectivity index (χ0n) is 16.4. The van der Waals surface area contributed by atoms with Crippen LogP contribution in [0.2, 0.25) is 0 Å². The molecule has 3 rings (SSSR count). The van der Waals surface area contributed by atoms with E-state index in [0.717, 1.165) is 24.0 Å². The second-order valence-corrected chi connectivity index (χ2v) is 6.95. The molecule has 0 N–H and O–H groups in total. The van der Waals surface area contributed by atoms with Crippen LogP contribution >= 0.6 is 0 Å². The molecule has 2 aromatic rings. The summed E-state index contributed by atoms with van der Waals surface area (Å²) in [6.07, 6.45) is 6.33. The third kappa shape index (κ3) is 4.77. The van der Waals surface area contributed by atoms with Gasteiger partial charge in [0.15, 0.2) is 0 Å². The van der Waals surface area contributed by atoms with Crippen molar-refractivity contribution >= 4 is 17.5 Å². The fourth-order valence-corrected chi connectivity index (χ4v) is 3.45. The lowest BCUT2D eigenvalue weighted by Gasteiger charge is -2.23. The standard InChI is InChI=1S/C24H24O4/c1-16-6-4-5-7-23(16)24(19-8-12-21(13-9-19)27-17(2)25)20-10-14-22(15-11-20)28-18(3)26/h4-5,8-16H,6-7H2,1-3H3. The number of allylic oxidation sites excluding steroid dienone is 3. The van der Waals surface area contributed by atoms with Crippen molar-refractivity contribution in [2.24, 2.45) is 5.92 Å². The van der Waals surface area contributed by atoms with Crippen molar-refractivity contribution in [1.29, 1.82) is 0 Å². The molecule has 0 heterocycles. The van der Waals surface area contributed by atoms with Gasteiger partial charge in [0.25, 0.3) is 0 Å². The molecular weight excluding hydrogens is 352 g/mol. The summed E-state index contributed by atoms with van der Waals surface area (Å²) in [4.78, 5) is 22.4. The van der Waals surface area contributed by atoms with E-state index in [2.05, 4.69) is 19.1 Å². The highest BCUT2D eigenvalue weighted by atomic mass is 16.5. The number of esters is 2. The molecule has 4 nitrogen and oxygen atoms in total. The predicted molar refractivity (Wildman–Crippen MR) is 109 cm³/mol. The van der Waals surface area contributed by atoms with Crippen LogP contribution in [0.25, 0.3) is 5.57 Å². The molecule has 4 heteroatoms. The van der Waals surface area contributed by atoms with Crippen LogP contribution < -0.4 is 9.47 Å². The van der Waals surface area contributed by atoms with Gasteiger partial charge >= 0.3 is 11.9 Å². The Bertz CT molecular complexity index is 857. The molecule has 0 bridgehead atoms. The monoisotopic (exact) mass is 376 g/mol. The minimum Gasteiger partial charge on any atom is -0.427 e. The molecule has 0 saturated heterocycles. The van der Waals surface area contributed by atoms with Crippen molar-refractivity contribution in [2.75, 3.05) is 0 Å². The second kappa shape index (κ2) is 8.70. The highest BCUT2D eigenvalue weighted by Crippen LogP contribution is 2.37. The summed E-state index contributed by atoms with van der Waals surface area (Å²) >= 11 is 0. The summed E-state index contributed by atoms with van der Waals surface area (Å²) < 4.78 is 10.3. The van der Waals surface area contributed by atoms with Crippen LogP contribution in [0.3, 0.4) is 0 Å². The predicted octanol–water partition coefficient (Wildman–Crippen LogP) is 5.33. The number of carbonyl (C=O) groups is 2. The first kappa shape index (κ1) is 19.6. The largest absolute Gasteiger partial charge is 0.427 e. The first-order valence-corrected chi connectivity index (χ1v) is 9.40. The molecule has 0 fully saturated rings. The quantitative estimate of drug-likeness (QED) is 0.411.